The summed E-state index contributed by atoms with van der Waals surface area (Å²) in [6.07, 6.45) is 1.44. The summed E-state index contributed by atoms with van der Waals surface area (Å²) < 4.78 is 32.2. The Balaban J connectivity index is 1.53. The average Bonchev–Trinajstić information content (AvgIpc) is 3.57. The van der Waals surface area contributed by atoms with Crippen molar-refractivity contribution in [3.8, 4) is 17.3 Å². The van der Waals surface area contributed by atoms with E-state index in [0.29, 0.717) is 45.9 Å². The second-order valence-corrected chi connectivity index (χ2v) is 9.43. The van der Waals surface area contributed by atoms with E-state index in [4.69, 9.17) is 19.8 Å². The molecule has 2 heterocycles. The Morgan fingerprint density at radius 1 is 1.22 bits per heavy atom. The second-order valence-electron chi connectivity index (χ2n) is 8.57. The van der Waals surface area contributed by atoms with Gasteiger partial charge in [0, 0.05) is 12.1 Å². The van der Waals surface area contributed by atoms with Crippen LogP contribution in [0.15, 0.2) is 50.6 Å². The number of hydrogen-bond acceptors (Lipinski definition) is 11. The lowest BCUT2D eigenvalue weighted by atomic mass is 10.2. The molecule has 15 heteroatoms. The number of aromatic nitrogens is 5. The Hall–Kier alpha value is -4.37. The number of nitrogen functional groups attached to an aromatic ring is 1. The quantitative estimate of drug-likeness (QED) is 0.165. The molecule has 0 saturated heterocycles. The standard InChI is InChI=1S/C26H29BrFN9O4/c1-4-36(5-2)14-20-22(31-35-37(20)25-24(29)33-41-34-25)26(38)32-30-13-16-11-18(27)23(21(12-16)39-6-3)40-15-17-9-7-8-10-19(17)28/h7-13H,4-6,14-15H2,1-3H3,(H2,29,33)(H,32,38). The molecule has 0 saturated carbocycles. The number of rotatable bonds is 13. The first-order valence-corrected chi connectivity index (χ1v) is 13.6. The maximum Gasteiger partial charge on any atom is 0.293 e. The van der Waals surface area contributed by atoms with Crippen molar-refractivity contribution < 1.29 is 23.3 Å². The second kappa shape index (κ2) is 13.8. The Morgan fingerprint density at radius 2 is 2.00 bits per heavy atom. The van der Waals surface area contributed by atoms with E-state index in [2.05, 4.69) is 52.0 Å². The summed E-state index contributed by atoms with van der Waals surface area (Å²) in [6, 6.07) is 9.81. The van der Waals surface area contributed by atoms with Crippen molar-refractivity contribution in [2.45, 2.75) is 33.9 Å². The van der Waals surface area contributed by atoms with Crippen LogP contribution in [0.2, 0.25) is 0 Å². The van der Waals surface area contributed by atoms with Gasteiger partial charge in [0.25, 0.3) is 5.91 Å². The van der Waals surface area contributed by atoms with Gasteiger partial charge in [-0.2, -0.15) is 9.78 Å². The van der Waals surface area contributed by atoms with Crippen molar-refractivity contribution in [3.05, 3.63) is 69.2 Å². The summed E-state index contributed by atoms with van der Waals surface area (Å²) in [5, 5.41) is 19.5. The van der Waals surface area contributed by atoms with Gasteiger partial charge >= 0.3 is 0 Å². The fourth-order valence-corrected chi connectivity index (χ4v) is 4.41. The first-order chi connectivity index (χ1) is 19.9. The van der Waals surface area contributed by atoms with Crippen molar-refractivity contribution >= 4 is 33.9 Å². The van der Waals surface area contributed by atoms with Crippen molar-refractivity contribution in [1.82, 2.24) is 35.6 Å². The number of carbonyl (C=O) groups is 1. The van der Waals surface area contributed by atoms with Gasteiger partial charge < -0.3 is 15.2 Å². The number of nitrogens with two attached hydrogens (primary N) is 1. The van der Waals surface area contributed by atoms with Crippen LogP contribution in [-0.2, 0) is 13.2 Å². The van der Waals surface area contributed by atoms with Gasteiger partial charge in [0.15, 0.2) is 17.2 Å². The Morgan fingerprint density at radius 3 is 2.68 bits per heavy atom. The lowest BCUT2D eigenvalue weighted by molar-refractivity contribution is 0.0948. The summed E-state index contributed by atoms with van der Waals surface area (Å²) in [5.74, 6) is 0.0384. The van der Waals surface area contributed by atoms with E-state index in [1.54, 1.807) is 30.3 Å². The smallest absolute Gasteiger partial charge is 0.293 e. The van der Waals surface area contributed by atoms with Gasteiger partial charge in [-0.3, -0.25) is 9.69 Å². The molecule has 0 bridgehead atoms. The number of nitrogens with zero attached hydrogens (tertiary/aromatic N) is 7. The summed E-state index contributed by atoms with van der Waals surface area (Å²) in [4.78, 5) is 15.2. The molecule has 0 radical (unpaired) electrons. The maximum atomic E-state index is 14.0. The largest absolute Gasteiger partial charge is 0.490 e. The van der Waals surface area contributed by atoms with Crippen molar-refractivity contribution in [1.29, 1.82) is 0 Å². The molecule has 41 heavy (non-hydrogen) atoms. The van der Waals surface area contributed by atoms with E-state index < -0.39 is 5.91 Å². The van der Waals surface area contributed by atoms with Gasteiger partial charge in [0.05, 0.1) is 23.0 Å². The maximum absolute atomic E-state index is 14.0. The lowest BCUT2D eigenvalue weighted by Gasteiger charge is -2.18. The molecule has 0 unspecified atom stereocenters. The fraction of sp³-hybridized carbons (Fsp3) is 0.308. The van der Waals surface area contributed by atoms with Gasteiger partial charge in [-0.05, 0) is 70.0 Å². The van der Waals surface area contributed by atoms with Gasteiger partial charge in [-0.25, -0.2) is 14.4 Å². The topological polar surface area (TPSA) is 159 Å². The number of nitrogens with one attached hydrogen (secondary N) is 1. The summed E-state index contributed by atoms with van der Waals surface area (Å²) >= 11 is 3.49. The molecule has 4 aromatic rings. The zero-order valence-electron chi connectivity index (χ0n) is 22.7. The minimum atomic E-state index is -0.585. The van der Waals surface area contributed by atoms with Crippen molar-refractivity contribution in [3.63, 3.8) is 0 Å². The molecule has 0 aliphatic rings. The van der Waals surface area contributed by atoms with E-state index in [1.807, 2.05) is 20.8 Å². The van der Waals surface area contributed by atoms with Gasteiger partial charge in [0.1, 0.15) is 12.4 Å². The predicted octanol–water partition coefficient (Wildman–Crippen LogP) is 3.72. The number of carbonyl (C=O) groups excluding carboxylic acids is 1. The highest BCUT2D eigenvalue weighted by Crippen LogP contribution is 2.37. The van der Waals surface area contributed by atoms with Crippen molar-refractivity contribution in [2.24, 2.45) is 5.10 Å². The molecule has 2 aromatic heterocycles. The van der Waals surface area contributed by atoms with E-state index in [-0.39, 0.29) is 29.8 Å². The Kier molecular flexibility index (Phi) is 9.97. The number of ether oxygens (including phenoxy) is 2. The third-order valence-electron chi connectivity index (χ3n) is 5.98. The number of halogens is 2. The van der Waals surface area contributed by atoms with Crippen LogP contribution in [0, 0.1) is 5.82 Å². The zero-order valence-corrected chi connectivity index (χ0v) is 24.3. The molecule has 0 atom stereocenters. The Bertz CT molecular complexity index is 1520. The summed E-state index contributed by atoms with van der Waals surface area (Å²) in [7, 11) is 0. The molecule has 0 aliphatic carbocycles. The molecule has 4 rings (SSSR count). The number of hydrogen-bond donors (Lipinski definition) is 2. The summed E-state index contributed by atoms with van der Waals surface area (Å²) in [5.41, 5.74) is 9.84. The number of benzene rings is 2. The normalized spacial score (nSPS) is 11.4. The van der Waals surface area contributed by atoms with Gasteiger partial charge in [-0.1, -0.05) is 37.3 Å². The lowest BCUT2D eigenvalue weighted by Crippen LogP contribution is -2.27. The molecule has 3 N–H and O–H groups in total. The third-order valence-corrected chi connectivity index (χ3v) is 6.57. The fourth-order valence-electron chi connectivity index (χ4n) is 3.84. The molecule has 216 valence electrons. The minimum Gasteiger partial charge on any atom is -0.490 e. The monoisotopic (exact) mass is 629 g/mol. The first-order valence-electron chi connectivity index (χ1n) is 12.8. The third kappa shape index (κ3) is 7.05. The van der Waals surface area contributed by atoms with Crippen LogP contribution < -0.4 is 20.6 Å². The number of hydrazone groups is 1. The van der Waals surface area contributed by atoms with Gasteiger partial charge in [-0.15, -0.1) is 5.10 Å². The predicted molar refractivity (Wildman–Crippen MR) is 151 cm³/mol. The molecule has 2 aromatic carbocycles. The van der Waals surface area contributed by atoms with Crippen LogP contribution in [-0.4, -0.2) is 62.0 Å². The molecule has 0 aliphatic heterocycles. The first kappa shape index (κ1) is 29.6. The van der Waals surface area contributed by atoms with Crippen LogP contribution >= 0.6 is 15.9 Å². The minimum absolute atomic E-state index is 0.0117. The van der Waals surface area contributed by atoms with Crippen LogP contribution in [0.3, 0.4) is 0 Å². The number of anilines is 1. The summed E-state index contributed by atoms with van der Waals surface area (Å²) in [6.45, 7) is 8.02. The molecule has 13 nitrogen and oxygen atoms in total. The Labute approximate surface area is 243 Å². The van der Waals surface area contributed by atoms with E-state index in [9.17, 15) is 9.18 Å². The van der Waals surface area contributed by atoms with Crippen LogP contribution in [0.5, 0.6) is 11.5 Å². The highest BCUT2D eigenvalue weighted by molar-refractivity contribution is 9.10. The van der Waals surface area contributed by atoms with Crippen LogP contribution in [0.25, 0.3) is 5.82 Å². The van der Waals surface area contributed by atoms with Crippen LogP contribution in [0.4, 0.5) is 10.2 Å². The zero-order chi connectivity index (χ0) is 29.4. The van der Waals surface area contributed by atoms with Crippen molar-refractivity contribution in [2.75, 3.05) is 25.4 Å². The highest BCUT2D eigenvalue weighted by atomic mass is 79.9. The average molecular weight is 630 g/mol. The molecule has 1 amide bonds. The number of amides is 1. The van der Waals surface area contributed by atoms with E-state index in [1.165, 1.54) is 17.0 Å². The molecule has 0 spiro atoms. The molecular weight excluding hydrogens is 601 g/mol. The molecule has 0 fully saturated rings. The van der Waals surface area contributed by atoms with E-state index in [0.717, 1.165) is 13.1 Å². The SMILES string of the molecule is CCOc1cc(C=NNC(=O)c2nnn(-c3nonc3N)c2CN(CC)CC)cc(Br)c1OCc1ccccc1F. The molecular formula is C26H29BrFN9O4. The van der Waals surface area contributed by atoms with Gasteiger partial charge in [0.2, 0.25) is 11.6 Å². The van der Waals surface area contributed by atoms with Crippen LogP contribution in [0.1, 0.15) is 48.1 Å². The highest BCUT2D eigenvalue weighted by Gasteiger charge is 2.25. The van der Waals surface area contributed by atoms with E-state index >= 15 is 0 Å².